The van der Waals surface area contributed by atoms with Crippen molar-refractivity contribution in [1.82, 2.24) is 15.1 Å². The first-order valence-electron chi connectivity index (χ1n) is 12.5. The first-order valence-corrected chi connectivity index (χ1v) is 12.5. The third-order valence-corrected chi connectivity index (χ3v) is 6.61. The summed E-state index contributed by atoms with van der Waals surface area (Å²) in [5.41, 5.74) is 2.04. The van der Waals surface area contributed by atoms with E-state index in [4.69, 9.17) is 0 Å². The lowest BCUT2D eigenvalue weighted by Gasteiger charge is -2.32. The van der Waals surface area contributed by atoms with E-state index in [1.54, 1.807) is 0 Å². The summed E-state index contributed by atoms with van der Waals surface area (Å²) >= 11 is 0. The number of amides is 2. The molecule has 0 spiro atoms. The van der Waals surface area contributed by atoms with Crippen molar-refractivity contribution >= 4 is 22.6 Å². The van der Waals surface area contributed by atoms with Gasteiger partial charge >= 0.3 is 0 Å². The van der Waals surface area contributed by atoms with Gasteiger partial charge in [0.15, 0.2) is 0 Å². The number of fused-ring (bicyclic) bond motifs is 1. The number of carbonyl (C=O) groups excluding carboxylic acids is 2. The normalized spacial score (nSPS) is 14.7. The Morgan fingerprint density at radius 3 is 2.38 bits per heavy atom. The van der Waals surface area contributed by atoms with Gasteiger partial charge in [0.2, 0.25) is 5.91 Å². The maximum atomic E-state index is 13.3. The third kappa shape index (κ3) is 6.23. The van der Waals surface area contributed by atoms with E-state index in [0.29, 0.717) is 25.1 Å². The van der Waals surface area contributed by atoms with E-state index in [9.17, 15) is 9.59 Å². The molecule has 0 radical (unpaired) electrons. The minimum Gasteiger partial charge on any atom is -0.353 e. The van der Waals surface area contributed by atoms with E-state index < -0.39 is 0 Å². The van der Waals surface area contributed by atoms with Gasteiger partial charge in [0.1, 0.15) is 0 Å². The second-order valence-corrected chi connectivity index (χ2v) is 9.17. The van der Waals surface area contributed by atoms with Crippen LogP contribution in [-0.2, 0) is 11.3 Å². The Morgan fingerprint density at radius 2 is 1.62 bits per heavy atom. The van der Waals surface area contributed by atoms with Gasteiger partial charge in [0.05, 0.1) is 0 Å². The number of hydrogen-bond acceptors (Lipinski definition) is 3. The summed E-state index contributed by atoms with van der Waals surface area (Å²) in [7, 11) is 0. The molecule has 1 N–H and O–H groups in total. The van der Waals surface area contributed by atoms with Crippen molar-refractivity contribution in [1.29, 1.82) is 0 Å². The molecule has 5 nitrogen and oxygen atoms in total. The summed E-state index contributed by atoms with van der Waals surface area (Å²) in [6.07, 6.45) is 3.12. The molecule has 1 fully saturated rings. The lowest BCUT2D eigenvalue weighted by molar-refractivity contribution is -0.122. The highest BCUT2D eigenvalue weighted by atomic mass is 16.2. The summed E-state index contributed by atoms with van der Waals surface area (Å²) in [6.45, 7) is 6.08. The number of benzene rings is 3. The number of rotatable bonds is 9. The zero-order valence-electron chi connectivity index (χ0n) is 20.1. The Balaban J connectivity index is 1.27. The van der Waals surface area contributed by atoms with Gasteiger partial charge < -0.3 is 10.2 Å². The monoisotopic (exact) mass is 457 g/mol. The quantitative estimate of drug-likeness (QED) is 0.499. The van der Waals surface area contributed by atoms with Crippen LogP contribution < -0.4 is 5.32 Å². The second-order valence-electron chi connectivity index (χ2n) is 9.17. The van der Waals surface area contributed by atoms with Gasteiger partial charge in [-0.05, 0) is 41.7 Å². The number of carbonyl (C=O) groups is 2. The average Bonchev–Trinajstić information content (AvgIpc) is 2.87. The highest BCUT2D eigenvalue weighted by Gasteiger charge is 2.22. The summed E-state index contributed by atoms with van der Waals surface area (Å²) in [5.74, 6) is 0.0361. The van der Waals surface area contributed by atoms with E-state index in [1.165, 1.54) is 5.56 Å². The molecule has 0 atom stereocenters. The van der Waals surface area contributed by atoms with Crippen LogP contribution in [0.5, 0.6) is 0 Å². The lowest BCUT2D eigenvalue weighted by Crippen LogP contribution is -2.45. The highest BCUT2D eigenvalue weighted by Crippen LogP contribution is 2.20. The number of piperidine rings is 1. The van der Waals surface area contributed by atoms with E-state index >= 15 is 0 Å². The molecule has 0 aliphatic carbocycles. The maximum Gasteiger partial charge on any atom is 0.254 e. The Kier molecular flexibility index (Phi) is 8.31. The van der Waals surface area contributed by atoms with Gasteiger partial charge in [-0.3, -0.25) is 14.5 Å². The molecule has 0 bridgehead atoms. The fraction of sp³-hybridized carbons (Fsp3) is 0.379. The molecule has 0 aromatic heterocycles. The second kappa shape index (κ2) is 11.8. The van der Waals surface area contributed by atoms with E-state index in [-0.39, 0.29) is 17.9 Å². The van der Waals surface area contributed by atoms with Crippen LogP contribution in [0.4, 0.5) is 0 Å². The molecular weight excluding hydrogens is 422 g/mol. The minimum atomic E-state index is 0.000621. The van der Waals surface area contributed by atoms with Gasteiger partial charge in [-0.2, -0.15) is 0 Å². The van der Waals surface area contributed by atoms with Crippen molar-refractivity contribution in [3.63, 3.8) is 0 Å². The molecule has 0 unspecified atom stereocenters. The minimum absolute atomic E-state index is 0.000621. The summed E-state index contributed by atoms with van der Waals surface area (Å²) in [4.78, 5) is 30.3. The van der Waals surface area contributed by atoms with Gasteiger partial charge in [-0.15, -0.1) is 0 Å². The van der Waals surface area contributed by atoms with Crippen LogP contribution in [0.25, 0.3) is 10.8 Å². The molecular formula is C29H35N3O2. The molecule has 1 aliphatic rings. The molecule has 2 amide bonds. The SMILES string of the molecule is CCCN(CCC(=O)NC1CCN(Cc2ccccc2)CC1)C(=O)c1cccc2ccccc12. The van der Waals surface area contributed by atoms with Crippen LogP contribution in [0.15, 0.2) is 72.8 Å². The largest absolute Gasteiger partial charge is 0.353 e. The fourth-order valence-electron chi connectivity index (χ4n) is 4.78. The van der Waals surface area contributed by atoms with Crippen LogP contribution in [0.1, 0.15) is 48.5 Å². The number of likely N-dealkylation sites (tertiary alicyclic amines) is 1. The van der Waals surface area contributed by atoms with Crippen LogP contribution >= 0.6 is 0 Å². The topological polar surface area (TPSA) is 52.7 Å². The Morgan fingerprint density at radius 1 is 0.912 bits per heavy atom. The summed E-state index contributed by atoms with van der Waals surface area (Å²) < 4.78 is 0. The van der Waals surface area contributed by atoms with Crippen LogP contribution in [0.2, 0.25) is 0 Å². The first-order chi connectivity index (χ1) is 16.6. The van der Waals surface area contributed by atoms with E-state index in [0.717, 1.165) is 49.7 Å². The molecule has 3 aromatic carbocycles. The van der Waals surface area contributed by atoms with E-state index in [1.807, 2.05) is 53.4 Å². The maximum absolute atomic E-state index is 13.3. The van der Waals surface area contributed by atoms with Crippen LogP contribution in [0.3, 0.4) is 0 Å². The lowest BCUT2D eigenvalue weighted by atomic mass is 10.0. The highest BCUT2D eigenvalue weighted by molar-refractivity contribution is 6.07. The van der Waals surface area contributed by atoms with Gasteiger partial charge in [-0.25, -0.2) is 0 Å². The zero-order chi connectivity index (χ0) is 23.8. The number of nitrogens with zero attached hydrogens (tertiary/aromatic N) is 2. The van der Waals surface area contributed by atoms with Gasteiger partial charge in [0, 0.05) is 50.7 Å². The number of hydrogen-bond donors (Lipinski definition) is 1. The zero-order valence-corrected chi connectivity index (χ0v) is 20.1. The predicted molar refractivity (Wildman–Crippen MR) is 138 cm³/mol. The van der Waals surface area contributed by atoms with E-state index in [2.05, 4.69) is 41.4 Å². The molecule has 1 aliphatic heterocycles. The van der Waals surface area contributed by atoms with Crippen molar-refractivity contribution in [2.24, 2.45) is 0 Å². The van der Waals surface area contributed by atoms with Crippen LogP contribution in [-0.4, -0.2) is 53.8 Å². The van der Waals surface area contributed by atoms with Crippen molar-refractivity contribution in [3.05, 3.63) is 83.9 Å². The number of nitrogens with one attached hydrogen (secondary N) is 1. The molecule has 5 heteroatoms. The molecule has 178 valence electrons. The predicted octanol–water partition coefficient (Wildman–Crippen LogP) is 4.86. The smallest absolute Gasteiger partial charge is 0.254 e. The Hall–Kier alpha value is -3.18. The van der Waals surface area contributed by atoms with Crippen molar-refractivity contribution in [2.75, 3.05) is 26.2 Å². The first kappa shape index (κ1) is 24.0. The molecule has 4 rings (SSSR count). The third-order valence-electron chi connectivity index (χ3n) is 6.61. The van der Waals surface area contributed by atoms with Crippen molar-refractivity contribution in [2.45, 2.75) is 45.2 Å². The molecule has 34 heavy (non-hydrogen) atoms. The standard InChI is InChI=1S/C29H35N3O2/c1-2-18-32(29(34)27-14-8-12-24-11-6-7-13-26(24)27)21-17-28(33)30-25-15-19-31(20-16-25)22-23-9-4-3-5-10-23/h3-14,25H,2,15-22H2,1H3,(H,30,33). The van der Waals surface area contributed by atoms with Gasteiger partial charge in [0.25, 0.3) is 5.91 Å². The van der Waals surface area contributed by atoms with Crippen LogP contribution in [0, 0.1) is 0 Å². The Labute approximate surface area is 202 Å². The van der Waals surface area contributed by atoms with Gasteiger partial charge in [-0.1, -0.05) is 73.7 Å². The summed E-state index contributed by atoms with van der Waals surface area (Å²) in [5, 5.41) is 5.22. The van der Waals surface area contributed by atoms with Crippen molar-refractivity contribution in [3.8, 4) is 0 Å². The molecule has 3 aromatic rings. The Bertz CT molecular complexity index is 1090. The summed E-state index contributed by atoms with van der Waals surface area (Å²) in [6, 6.07) is 24.5. The molecule has 1 saturated heterocycles. The average molecular weight is 458 g/mol. The van der Waals surface area contributed by atoms with Crippen molar-refractivity contribution < 1.29 is 9.59 Å². The molecule has 1 heterocycles. The fourth-order valence-corrected chi connectivity index (χ4v) is 4.78. The molecule has 0 saturated carbocycles.